The lowest BCUT2D eigenvalue weighted by atomic mass is 10.0. The first-order valence-electron chi connectivity index (χ1n) is 10.5. The number of rotatable bonds is 3. The van der Waals surface area contributed by atoms with E-state index >= 15 is 0 Å². The van der Waals surface area contributed by atoms with E-state index < -0.39 is 18.0 Å². The molecule has 0 spiro atoms. The molecule has 11 heteroatoms. The monoisotopic (exact) mass is 468 g/mol. The van der Waals surface area contributed by atoms with Crippen LogP contribution in [0.25, 0.3) is 16.9 Å². The van der Waals surface area contributed by atoms with Gasteiger partial charge in [0.2, 0.25) is 0 Å². The first-order valence-corrected chi connectivity index (χ1v) is 10.5. The van der Waals surface area contributed by atoms with Crippen molar-refractivity contribution in [3.63, 3.8) is 0 Å². The van der Waals surface area contributed by atoms with Gasteiger partial charge in [0.05, 0.1) is 18.3 Å². The third-order valence-corrected chi connectivity index (χ3v) is 5.58. The van der Waals surface area contributed by atoms with Crippen LogP contribution in [0.1, 0.15) is 29.4 Å². The highest BCUT2D eigenvalue weighted by atomic mass is 19.4. The van der Waals surface area contributed by atoms with Crippen molar-refractivity contribution in [3.05, 3.63) is 77.6 Å². The van der Waals surface area contributed by atoms with E-state index in [0.29, 0.717) is 28.8 Å². The van der Waals surface area contributed by atoms with Crippen LogP contribution >= 0.6 is 0 Å². The molecule has 0 bridgehead atoms. The average molecular weight is 468 g/mol. The number of aromatic nitrogens is 4. The fourth-order valence-corrected chi connectivity index (χ4v) is 3.85. The lowest BCUT2D eigenvalue weighted by Gasteiger charge is -2.23. The van der Waals surface area contributed by atoms with Crippen LogP contribution in [0.3, 0.4) is 0 Å². The number of nitrogens with one attached hydrogen (secondary N) is 1. The minimum atomic E-state index is -4.69. The number of halogens is 3. The van der Waals surface area contributed by atoms with E-state index in [4.69, 9.17) is 4.84 Å². The maximum absolute atomic E-state index is 13.2. The van der Waals surface area contributed by atoms with Crippen LogP contribution in [0.4, 0.5) is 23.7 Å². The third kappa shape index (κ3) is 4.05. The number of anilines is 1. The Bertz CT molecular complexity index is 1360. The molecule has 5 rings (SSSR count). The summed E-state index contributed by atoms with van der Waals surface area (Å²) in [5.74, 6) is -1.21. The normalized spacial score (nSPS) is 16.2. The molecule has 3 heterocycles. The largest absolute Gasteiger partial charge is 0.453 e. The Labute approximate surface area is 191 Å². The maximum Gasteiger partial charge on any atom is 0.453 e. The van der Waals surface area contributed by atoms with Gasteiger partial charge in [0.15, 0.2) is 5.65 Å². The van der Waals surface area contributed by atoms with E-state index in [-0.39, 0.29) is 17.4 Å². The van der Waals surface area contributed by atoms with E-state index in [2.05, 4.69) is 20.6 Å². The first-order chi connectivity index (χ1) is 16.3. The fourth-order valence-electron chi connectivity index (χ4n) is 3.85. The van der Waals surface area contributed by atoms with Crippen molar-refractivity contribution in [3.8, 4) is 11.3 Å². The predicted molar refractivity (Wildman–Crippen MR) is 117 cm³/mol. The predicted octanol–water partition coefficient (Wildman–Crippen LogP) is 5.03. The Morgan fingerprint density at radius 1 is 1.09 bits per heavy atom. The summed E-state index contributed by atoms with van der Waals surface area (Å²) in [6.07, 6.45) is -4.02. The molecule has 34 heavy (non-hydrogen) atoms. The summed E-state index contributed by atoms with van der Waals surface area (Å²) in [6, 6.07) is 17.0. The van der Waals surface area contributed by atoms with Gasteiger partial charge in [-0.25, -0.2) is 4.79 Å². The van der Waals surface area contributed by atoms with Gasteiger partial charge in [0.1, 0.15) is 0 Å². The number of urea groups is 1. The summed E-state index contributed by atoms with van der Waals surface area (Å²) >= 11 is 0. The second-order valence-corrected chi connectivity index (χ2v) is 7.84. The fraction of sp³-hybridized carbons (Fsp3) is 0.217. The van der Waals surface area contributed by atoms with E-state index in [1.165, 1.54) is 11.1 Å². The van der Waals surface area contributed by atoms with Gasteiger partial charge >= 0.3 is 12.2 Å². The number of aryl methyl sites for hydroxylation is 1. The molecule has 1 saturated heterocycles. The van der Waals surface area contributed by atoms with Gasteiger partial charge in [-0.05, 0) is 36.2 Å². The number of hydrogen-bond donors (Lipinski definition) is 1. The second-order valence-electron chi connectivity index (χ2n) is 7.84. The maximum atomic E-state index is 13.2. The average Bonchev–Trinajstić information content (AvgIpc) is 3.48. The van der Waals surface area contributed by atoms with E-state index in [1.54, 1.807) is 24.3 Å². The van der Waals surface area contributed by atoms with E-state index in [0.717, 1.165) is 11.1 Å². The summed E-state index contributed by atoms with van der Waals surface area (Å²) in [4.78, 5) is 18.6. The molecule has 2 aromatic carbocycles. The number of amides is 2. The zero-order valence-corrected chi connectivity index (χ0v) is 18.0. The van der Waals surface area contributed by atoms with Gasteiger partial charge in [-0.1, -0.05) is 42.5 Å². The molecule has 0 unspecified atom stereocenters. The van der Waals surface area contributed by atoms with Crippen LogP contribution in [0.2, 0.25) is 0 Å². The molecule has 8 nitrogen and oxygen atoms in total. The minimum Gasteiger partial charge on any atom is -0.306 e. The van der Waals surface area contributed by atoms with E-state index in [9.17, 15) is 18.0 Å². The van der Waals surface area contributed by atoms with E-state index in [1.807, 2.05) is 37.3 Å². The zero-order valence-electron chi connectivity index (χ0n) is 18.0. The number of alkyl halides is 3. The molecule has 4 aromatic rings. The first kappa shape index (κ1) is 21.8. The Balaban J connectivity index is 1.43. The molecular formula is C23H19F3N6O2. The molecule has 0 saturated carbocycles. The smallest absolute Gasteiger partial charge is 0.306 e. The van der Waals surface area contributed by atoms with Crippen molar-refractivity contribution in [2.75, 3.05) is 11.9 Å². The van der Waals surface area contributed by atoms with Gasteiger partial charge in [-0.15, -0.1) is 10.2 Å². The standard InChI is InChI=1S/C23H19F3N6O2/c1-14-7-8-16(17-9-10-20-28-29-21(23(24,25)26)31(20)30-17)13-18(14)27-22(33)32-19(11-12-34-32)15-5-3-2-4-6-15/h2-10,13,19H,11-12H2,1H3,(H,27,33)/t19-/m0/s1. The minimum absolute atomic E-state index is 0.0187. The Morgan fingerprint density at radius 3 is 2.65 bits per heavy atom. The van der Waals surface area contributed by atoms with Crippen molar-refractivity contribution in [1.29, 1.82) is 0 Å². The van der Waals surface area contributed by atoms with Crippen LogP contribution in [-0.4, -0.2) is 37.5 Å². The number of carbonyl (C=O) groups excluding carboxylic acids is 1. The highest BCUT2D eigenvalue weighted by Crippen LogP contribution is 2.32. The SMILES string of the molecule is Cc1ccc(-c2ccc3nnc(C(F)(F)F)n3n2)cc1NC(=O)N1OCC[C@H]1c1ccccc1. The number of fused-ring (bicyclic) bond motifs is 1. The van der Waals surface area contributed by atoms with Crippen molar-refractivity contribution < 1.29 is 22.8 Å². The molecule has 2 amide bonds. The van der Waals surface area contributed by atoms with Crippen molar-refractivity contribution in [2.45, 2.75) is 25.6 Å². The number of carbonyl (C=O) groups is 1. The van der Waals surface area contributed by atoms with Crippen LogP contribution < -0.4 is 5.32 Å². The molecule has 2 aromatic heterocycles. The Hall–Kier alpha value is -3.99. The molecule has 1 atom stereocenters. The molecular weight excluding hydrogens is 449 g/mol. The van der Waals surface area contributed by atoms with Crippen LogP contribution in [0.5, 0.6) is 0 Å². The van der Waals surface area contributed by atoms with Gasteiger partial charge in [-0.2, -0.15) is 27.8 Å². The quantitative estimate of drug-likeness (QED) is 0.456. The lowest BCUT2D eigenvalue weighted by molar-refractivity contribution is -0.146. The number of hydrogen-bond acceptors (Lipinski definition) is 5. The van der Waals surface area contributed by atoms with Crippen LogP contribution in [0.15, 0.2) is 60.7 Å². The topological polar surface area (TPSA) is 84.7 Å². The van der Waals surface area contributed by atoms with Crippen molar-refractivity contribution in [2.24, 2.45) is 0 Å². The Kier molecular flexibility index (Phi) is 5.40. The summed E-state index contributed by atoms with van der Waals surface area (Å²) in [5.41, 5.74) is 3.00. The zero-order chi connectivity index (χ0) is 23.9. The number of nitrogens with zero attached hydrogens (tertiary/aromatic N) is 5. The molecule has 1 N–H and O–H groups in total. The molecule has 0 radical (unpaired) electrons. The highest BCUT2D eigenvalue weighted by molar-refractivity contribution is 5.90. The van der Waals surface area contributed by atoms with Crippen LogP contribution in [-0.2, 0) is 11.0 Å². The van der Waals surface area contributed by atoms with Gasteiger partial charge in [0.25, 0.3) is 5.82 Å². The summed E-state index contributed by atoms with van der Waals surface area (Å²) < 4.78 is 40.3. The van der Waals surface area contributed by atoms with Crippen molar-refractivity contribution in [1.82, 2.24) is 24.9 Å². The summed E-state index contributed by atoms with van der Waals surface area (Å²) in [5, 5.41) is 15.0. The molecule has 174 valence electrons. The van der Waals surface area contributed by atoms with Gasteiger partial charge in [0, 0.05) is 17.7 Å². The highest BCUT2D eigenvalue weighted by Gasteiger charge is 2.37. The van der Waals surface area contributed by atoms with Gasteiger partial charge in [-0.3, -0.25) is 4.84 Å². The number of benzene rings is 2. The summed E-state index contributed by atoms with van der Waals surface area (Å²) in [7, 11) is 0. The summed E-state index contributed by atoms with van der Waals surface area (Å²) in [6.45, 7) is 2.23. The Morgan fingerprint density at radius 2 is 1.88 bits per heavy atom. The molecule has 1 aliphatic rings. The second kappa shape index (κ2) is 8.41. The number of hydroxylamine groups is 2. The lowest BCUT2D eigenvalue weighted by Crippen LogP contribution is -2.33. The van der Waals surface area contributed by atoms with Gasteiger partial charge < -0.3 is 5.32 Å². The van der Waals surface area contributed by atoms with Crippen LogP contribution in [0, 0.1) is 6.92 Å². The molecule has 1 fully saturated rings. The molecule has 0 aliphatic carbocycles. The van der Waals surface area contributed by atoms with Crippen molar-refractivity contribution >= 4 is 17.4 Å². The third-order valence-electron chi connectivity index (χ3n) is 5.58. The molecule has 1 aliphatic heterocycles.